The number of ether oxygens (including phenoxy) is 2. The molecule has 5 rings (SSSR count). The van der Waals surface area contributed by atoms with E-state index in [1.165, 1.54) is 23.1 Å². The average Bonchev–Trinajstić information content (AvgIpc) is 3.58. The van der Waals surface area contributed by atoms with E-state index in [0.717, 1.165) is 21.9 Å². The summed E-state index contributed by atoms with van der Waals surface area (Å²) in [5.74, 6) is 0.331. The Labute approximate surface area is 287 Å². The largest absolute Gasteiger partial charge is 0.497 e. The van der Waals surface area contributed by atoms with E-state index in [1.54, 1.807) is 67.8 Å². The van der Waals surface area contributed by atoms with Crippen LogP contribution in [0, 0.1) is 0 Å². The molecule has 5 aromatic rings. The van der Waals surface area contributed by atoms with Crippen molar-refractivity contribution < 1.29 is 23.9 Å². The van der Waals surface area contributed by atoms with Crippen molar-refractivity contribution >= 4 is 57.7 Å². The third-order valence-corrected chi connectivity index (χ3v) is 8.79. The lowest BCUT2D eigenvalue weighted by molar-refractivity contribution is -0.115. The first kappa shape index (κ1) is 34.0. The van der Waals surface area contributed by atoms with Crippen molar-refractivity contribution in [2.45, 2.75) is 24.0 Å². The van der Waals surface area contributed by atoms with Crippen molar-refractivity contribution in [2.75, 3.05) is 24.4 Å². The maximum Gasteiger partial charge on any atom is 0.272 e. The molecular weight excluding hydrogens is 645 g/mol. The van der Waals surface area contributed by atoms with Crippen LogP contribution in [0.15, 0.2) is 119 Å². The van der Waals surface area contributed by atoms with Crippen LogP contribution in [-0.2, 0) is 9.59 Å². The van der Waals surface area contributed by atoms with E-state index in [2.05, 4.69) is 20.9 Å². The van der Waals surface area contributed by atoms with Crippen molar-refractivity contribution in [3.05, 3.63) is 125 Å². The molecule has 4 aromatic carbocycles. The van der Waals surface area contributed by atoms with Gasteiger partial charge in [-0.2, -0.15) is 0 Å². The van der Waals surface area contributed by atoms with Crippen LogP contribution in [0.4, 0.5) is 10.8 Å². The highest BCUT2D eigenvalue weighted by Gasteiger charge is 2.18. The maximum atomic E-state index is 13.4. The van der Waals surface area contributed by atoms with Crippen LogP contribution in [0.1, 0.15) is 29.8 Å². The fourth-order valence-corrected chi connectivity index (χ4v) is 6.06. The summed E-state index contributed by atoms with van der Waals surface area (Å²) in [5.41, 5.74) is 3.40. The van der Waals surface area contributed by atoms with Crippen LogP contribution < -0.4 is 25.4 Å². The van der Waals surface area contributed by atoms with E-state index in [4.69, 9.17) is 9.47 Å². The smallest absolute Gasteiger partial charge is 0.272 e. The fourth-order valence-electron chi connectivity index (χ4n) is 4.47. The number of carbonyl (C=O) groups excluding carboxylic acids is 3. The number of amides is 3. The van der Waals surface area contributed by atoms with Crippen molar-refractivity contribution in [3.8, 4) is 22.8 Å². The second-order valence-electron chi connectivity index (χ2n) is 10.4. The Bertz CT molecular complexity index is 1890. The van der Waals surface area contributed by atoms with Gasteiger partial charge in [0, 0.05) is 27.1 Å². The summed E-state index contributed by atoms with van der Waals surface area (Å²) in [6.07, 6.45) is 1.59. The second-order valence-corrected chi connectivity index (χ2v) is 12.7. The third kappa shape index (κ3) is 9.34. The van der Waals surface area contributed by atoms with Gasteiger partial charge in [0.15, 0.2) is 5.13 Å². The Morgan fingerprint density at radius 3 is 2.35 bits per heavy atom. The van der Waals surface area contributed by atoms with Gasteiger partial charge in [0.25, 0.3) is 11.8 Å². The number of aromatic nitrogens is 1. The molecule has 1 atom stereocenters. The van der Waals surface area contributed by atoms with Crippen molar-refractivity contribution in [2.24, 2.45) is 0 Å². The quantitative estimate of drug-likeness (QED) is 0.0861. The van der Waals surface area contributed by atoms with Crippen molar-refractivity contribution in [3.63, 3.8) is 0 Å². The number of nitrogens with zero attached hydrogens (tertiary/aromatic N) is 1. The highest BCUT2D eigenvalue weighted by atomic mass is 32.2. The highest BCUT2D eigenvalue weighted by molar-refractivity contribution is 8.00. The monoisotopic (exact) mass is 678 g/mol. The topological polar surface area (TPSA) is 119 Å². The second kappa shape index (κ2) is 16.4. The third-order valence-electron chi connectivity index (χ3n) is 6.92. The minimum absolute atomic E-state index is 0.0636. The van der Waals surface area contributed by atoms with Gasteiger partial charge in [0.2, 0.25) is 5.91 Å². The first-order chi connectivity index (χ1) is 23.3. The van der Waals surface area contributed by atoms with Gasteiger partial charge in [0.1, 0.15) is 17.2 Å². The number of hydrogen-bond acceptors (Lipinski definition) is 8. The fraction of sp³-hybridized carbons (Fsp3) is 0.135. The first-order valence-electron chi connectivity index (χ1n) is 15.1. The summed E-state index contributed by atoms with van der Waals surface area (Å²) in [4.78, 5) is 44.7. The van der Waals surface area contributed by atoms with Gasteiger partial charge in [0.05, 0.1) is 24.7 Å². The molecule has 0 aliphatic heterocycles. The van der Waals surface area contributed by atoms with E-state index >= 15 is 0 Å². The van der Waals surface area contributed by atoms with Gasteiger partial charge in [-0.05, 0) is 98.3 Å². The van der Waals surface area contributed by atoms with Gasteiger partial charge in [-0.3, -0.25) is 14.4 Å². The van der Waals surface area contributed by atoms with Gasteiger partial charge in [-0.25, -0.2) is 4.98 Å². The SMILES string of the molecule is CCOc1ccc(-c2csc(NC(=O)C(C)Sc3ccc(NC(=O)/C(=C/c4cccc(OC)c4)NC(=O)c4ccccc4)cc3)n2)cc1. The Kier molecular flexibility index (Phi) is 11.6. The van der Waals surface area contributed by atoms with Crippen LogP contribution >= 0.6 is 23.1 Å². The molecule has 0 saturated heterocycles. The molecule has 1 unspecified atom stereocenters. The number of anilines is 2. The number of nitrogens with one attached hydrogen (secondary N) is 3. The molecule has 48 heavy (non-hydrogen) atoms. The van der Waals surface area contributed by atoms with Gasteiger partial charge < -0.3 is 25.4 Å². The first-order valence-corrected chi connectivity index (χ1v) is 16.9. The van der Waals surface area contributed by atoms with Gasteiger partial charge in [-0.15, -0.1) is 23.1 Å². The van der Waals surface area contributed by atoms with E-state index in [1.807, 2.05) is 67.8 Å². The average molecular weight is 679 g/mol. The summed E-state index contributed by atoms with van der Waals surface area (Å²) in [7, 11) is 1.56. The number of thiazole rings is 1. The van der Waals surface area contributed by atoms with Gasteiger partial charge >= 0.3 is 0 Å². The molecule has 0 fully saturated rings. The number of methoxy groups -OCH3 is 1. The molecule has 0 aliphatic rings. The van der Waals surface area contributed by atoms with Crippen molar-refractivity contribution in [1.82, 2.24) is 10.3 Å². The maximum absolute atomic E-state index is 13.4. The number of carbonyl (C=O) groups is 3. The van der Waals surface area contributed by atoms with Crippen LogP contribution in [-0.4, -0.2) is 41.7 Å². The zero-order chi connectivity index (χ0) is 33.9. The van der Waals surface area contributed by atoms with E-state index in [-0.39, 0.29) is 11.6 Å². The Morgan fingerprint density at radius 1 is 0.896 bits per heavy atom. The number of hydrogen-bond donors (Lipinski definition) is 3. The Hall–Kier alpha value is -5.39. The molecule has 0 spiro atoms. The van der Waals surface area contributed by atoms with Crippen LogP contribution in [0.3, 0.4) is 0 Å². The summed E-state index contributed by atoms with van der Waals surface area (Å²) in [6, 6.07) is 30.6. The summed E-state index contributed by atoms with van der Waals surface area (Å²) in [5, 5.41) is 10.5. The zero-order valence-corrected chi connectivity index (χ0v) is 28.2. The number of benzene rings is 4. The lowest BCUT2D eigenvalue weighted by atomic mass is 10.1. The molecule has 3 N–H and O–H groups in total. The van der Waals surface area contributed by atoms with E-state index in [9.17, 15) is 14.4 Å². The van der Waals surface area contributed by atoms with Crippen LogP contribution in [0.2, 0.25) is 0 Å². The molecule has 0 saturated carbocycles. The molecule has 11 heteroatoms. The molecule has 1 heterocycles. The zero-order valence-electron chi connectivity index (χ0n) is 26.6. The lowest BCUT2D eigenvalue weighted by Crippen LogP contribution is -2.30. The molecule has 0 bridgehead atoms. The summed E-state index contributed by atoms with van der Waals surface area (Å²) < 4.78 is 10.8. The highest BCUT2D eigenvalue weighted by Crippen LogP contribution is 2.29. The minimum Gasteiger partial charge on any atom is -0.497 e. The molecule has 244 valence electrons. The van der Waals surface area contributed by atoms with E-state index < -0.39 is 17.1 Å². The van der Waals surface area contributed by atoms with Crippen molar-refractivity contribution in [1.29, 1.82) is 0 Å². The predicted octanol–water partition coefficient (Wildman–Crippen LogP) is 7.75. The molecule has 0 aliphatic carbocycles. The Balaban J connectivity index is 1.20. The number of thioether (sulfide) groups is 1. The predicted molar refractivity (Wildman–Crippen MR) is 193 cm³/mol. The van der Waals surface area contributed by atoms with Crippen LogP contribution in [0.5, 0.6) is 11.5 Å². The molecule has 0 radical (unpaired) electrons. The van der Waals surface area contributed by atoms with Crippen LogP contribution in [0.25, 0.3) is 17.3 Å². The summed E-state index contributed by atoms with van der Waals surface area (Å²) in [6.45, 7) is 4.36. The molecule has 9 nitrogen and oxygen atoms in total. The lowest BCUT2D eigenvalue weighted by Gasteiger charge is -2.13. The normalized spacial score (nSPS) is 11.7. The van der Waals surface area contributed by atoms with Gasteiger partial charge in [-0.1, -0.05) is 30.3 Å². The Morgan fingerprint density at radius 2 is 1.65 bits per heavy atom. The minimum atomic E-state index is -0.497. The summed E-state index contributed by atoms with van der Waals surface area (Å²) >= 11 is 2.75. The number of rotatable bonds is 13. The standard InChI is InChI=1S/C37H34N4O5S2/c1-4-46-29-17-13-26(14-18-29)33-23-47-37(40-33)41-34(42)24(2)48-31-19-15-28(16-20-31)38-36(44)32(22-25-9-8-12-30(21-25)45-3)39-35(43)27-10-6-5-7-11-27/h5-24H,4H2,1-3H3,(H,38,44)(H,39,43)(H,40,41,42)/b32-22-. The molecule has 3 amide bonds. The molecular formula is C37H34N4O5S2. The molecule has 1 aromatic heterocycles. The van der Waals surface area contributed by atoms with E-state index in [0.29, 0.717) is 34.3 Å².